The van der Waals surface area contributed by atoms with Crippen LogP contribution in [0.15, 0.2) is 0 Å². The van der Waals surface area contributed by atoms with Crippen LogP contribution in [0.3, 0.4) is 0 Å². The zero-order valence-corrected chi connectivity index (χ0v) is 9.53. The average Bonchev–Trinajstić information content (AvgIpc) is 2.78. The van der Waals surface area contributed by atoms with Crippen molar-refractivity contribution in [3.63, 3.8) is 0 Å². The summed E-state index contributed by atoms with van der Waals surface area (Å²) in [6.07, 6.45) is 6.99. The largest absolute Gasteiger partial charge is 0.337 e. The highest BCUT2D eigenvalue weighted by molar-refractivity contribution is 8.00. The van der Waals surface area contributed by atoms with Gasteiger partial charge in [-0.25, -0.2) is 4.79 Å². The van der Waals surface area contributed by atoms with Gasteiger partial charge in [0.05, 0.1) is 0 Å². The first-order valence-electron chi connectivity index (χ1n) is 5.34. The van der Waals surface area contributed by atoms with Crippen LogP contribution in [0.1, 0.15) is 25.7 Å². The first kappa shape index (κ1) is 10.1. The van der Waals surface area contributed by atoms with E-state index in [1.807, 2.05) is 16.7 Å². The highest BCUT2D eigenvalue weighted by atomic mass is 32.2. The Morgan fingerprint density at radius 3 is 2.57 bits per heavy atom. The first-order chi connectivity index (χ1) is 6.76. The Hall–Kier alpha value is -0.380. The topological polar surface area (TPSA) is 32.3 Å². The van der Waals surface area contributed by atoms with Crippen LogP contribution in [-0.2, 0) is 0 Å². The monoisotopic (exact) mass is 214 g/mol. The maximum Gasteiger partial charge on any atom is 0.317 e. The van der Waals surface area contributed by atoms with E-state index in [2.05, 4.69) is 11.6 Å². The van der Waals surface area contributed by atoms with Gasteiger partial charge in [-0.3, -0.25) is 0 Å². The zero-order chi connectivity index (χ0) is 10.0. The number of thioether (sulfide) groups is 1. The van der Waals surface area contributed by atoms with E-state index in [9.17, 15) is 4.79 Å². The van der Waals surface area contributed by atoms with Crippen molar-refractivity contribution in [2.24, 2.45) is 0 Å². The third-order valence-corrected chi connectivity index (χ3v) is 4.61. The third kappa shape index (κ3) is 2.16. The average molecular weight is 214 g/mol. The predicted octanol–water partition coefficient (Wildman–Crippen LogP) is 1.69. The molecular formula is C10H18N2OS. The highest BCUT2D eigenvalue weighted by Gasteiger charge is 2.42. The lowest BCUT2D eigenvalue weighted by atomic mass is 10.4. The van der Waals surface area contributed by atoms with Crippen LogP contribution in [0.4, 0.5) is 4.79 Å². The number of carbonyl (C=O) groups is 1. The Morgan fingerprint density at radius 1 is 1.43 bits per heavy atom. The van der Waals surface area contributed by atoms with Crippen molar-refractivity contribution in [1.82, 2.24) is 10.2 Å². The van der Waals surface area contributed by atoms with Gasteiger partial charge in [0.15, 0.2) is 0 Å². The molecule has 0 aromatic heterocycles. The van der Waals surface area contributed by atoms with Crippen molar-refractivity contribution in [3.8, 4) is 0 Å². The molecule has 1 saturated carbocycles. The molecule has 2 fully saturated rings. The molecule has 2 aliphatic rings. The molecule has 0 unspecified atom stereocenters. The minimum absolute atomic E-state index is 0.142. The van der Waals surface area contributed by atoms with Crippen LogP contribution >= 0.6 is 11.8 Å². The number of amides is 2. The molecule has 14 heavy (non-hydrogen) atoms. The number of hydrogen-bond donors (Lipinski definition) is 1. The van der Waals surface area contributed by atoms with Gasteiger partial charge >= 0.3 is 6.03 Å². The molecule has 2 amide bonds. The van der Waals surface area contributed by atoms with E-state index in [-0.39, 0.29) is 6.03 Å². The Balaban J connectivity index is 1.72. The zero-order valence-electron chi connectivity index (χ0n) is 8.71. The number of carbonyl (C=O) groups excluding carboxylic acids is 1. The van der Waals surface area contributed by atoms with Crippen LogP contribution in [-0.4, -0.2) is 41.6 Å². The quantitative estimate of drug-likeness (QED) is 0.775. The van der Waals surface area contributed by atoms with Gasteiger partial charge < -0.3 is 10.2 Å². The van der Waals surface area contributed by atoms with Crippen LogP contribution < -0.4 is 5.32 Å². The molecule has 0 atom stereocenters. The summed E-state index contributed by atoms with van der Waals surface area (Å²) in [5, 5.41) is 3.04. The van der Waals surface area contributed by atoms with Crippen molar-refractivity contribution in [1.29, 1.82) is 0 Å². The molecule has 0 radical (unpaired) electrons. The van der Waals surface area contributed by atoms with Gasteiger partial charge in [-0.2, -0.15) is 11.8 Å². The second-order valence-corrected chi connectivity index (χ2v) is 5.51. The Labute approximate surface area is 89.6 Å². The molecular weight excluding hydrogens is 196 g/mol. The van der Waals surface area contributed by atoms with Gasteiger partial charge in [0, 0.05) is 24.4 Å². The number of urea groups is 1. The molecule has 80 valence electrons. The number of nitrogens with zero attached hydrogens (tertiary/aromatic N) is 1. The summed E-state index contributed by atoms with van der Waals surface area (Å²) >= 11 is 1.89. The smallest absolute Gasteiger partial charge is 0.317 e. The molecule has 2 rings (SSSR count). The lowest BCUT2D eigenvalue weighted by Gasteiger charge is -2.19. The van der Waals surface area contributed by atoms with E-state index in [0.29, 0.717) is 4.75 Å². The second-order valence-electron chi connectivity index (χ2n) is 4.24. The van der Waals surface area contributed by atoms with Gasteiger partial charge in [-0.15, -0.1) is 0 Å². The van der Waals surface area contributed by atoms with Crippen LogP contribution in [0.5, 0.6) is 0 Å². The van der Waals surface area contributed by atoms with Gasteiger partial charge in [0.1, 0.15) is 0 Å². The number of likely N-dealkylation sites (tertiary alicyclic amines) is 1. The lowest BCUT2D eigenvalue weighted by Crippen LogP contribution is -2.41. The summed E-state index contributed by atoms with van der Waals surface area (Å²) in [4.78, 5) is 13.6. The van der Waals surface area contributed by atoms with E-state index in [4.69, 9.17) is 0 Å². The lowest BCUT2D eigenvalue weighted by molar-refractivity contribution is 0.208. The molecule has 4 heteroatoms. The van der Waals surface area contributed by atoms with Crippen LogP contribution in [0.2, 0.25) is 0 Å². The maximum atomic E-state index is 11.6. The van der Waals surface area contributed by atoms with Crippen molar-refractivity contribution < 1.29 is 4.79 Å². The summed E-state index contributed by atoms with van der Waals surface area (Å²) in [6.45, 7) is 2.74. The standard InChI is InChI=1S/C10H18N2OS/c1-14-10(4-5-10)8-11-9(13)12-6-2-3-7-12/h2-8H2,1H3,(H,11,13). The molecule has 0 aromatic rings. The van der Waals surface area contributed by atoms with Gasteiger partial charge in [0.25, 0.3) is 0 Å². The van der Waals surface area contributed by atoms with Gasteiger partial charge in [0.2, 0.25) is 0 Å². The minimum atomic E-state index is 0.142. The number of hydrogen-bond acceptors (Lipinski definition) is 2. The predicted molar refractivity (Wildman–Crippen MR) is 59.7 cm³/mol. The summed E-state index contributed by atoms with van der Waals surface area (Å²) < 4.78 is 0.384. The summed E-state index contributed by atoms with van der Waals surface area (Å²) in [5.74, 6) is 0. The molecule has 1 aliphatic heterocycles. The molecule has 1 heterocycles. The van der Waals surface area contributed by atoms with Crippen LogP contribution in [0.25, 0.3) is 0 Å². The van der Waals surface area contributed by atoms with Gasteiger partial charge in [-0.1, -0.05) is 0 Å². The minimum Gasteiger partial charge on any atom is -0.337 e. The fraction of sp³-hybridized carbons (Fsp3) is 0.900. The Bertz CT molecular complexity index is 222. The molecule has 0 bridgehead atoms. The Kier molecular flexibility index (Phi) is 2.91. The molecule has 3 nitrogen and oxygen atoms in total. The van der Waals surface area contributed by atoms with E-state index in [0.717, 1.165) is 19.6 Å². The fourth-order valence-corrected chi connectivity index (χ4v) is 2.59. The number of rotatable bonds is 3. The molecule has 1 aliphatic carbocycles. The van der Waals surface area contributed by atoms with Crippen molar-refractivity contribution in [3.05, 3.63) is 0 Å². The third-order valence-electron chi connectivity index (χ3n) is 3.20. The van der Waals surface area contributed by atoms with Crippen molar-refractivity contribution in [2.45, 2.75) is 30.4 Å². The Morgan fingerprint density at radius 2 is 2.07 bits per heavy atom. The SMILES string of the molecule is CSC1(CNC(=O)N2CCCC2)CC1. The highest BCUT2D eigenvalue weighted by Crippen LogP contribution is 2.46. The fourth-order valence-electron chi connectivity index (χ4n) is 1.86. The molecule has 0 aromatic carbocycles. The normalized spacial score (nSPS) is 23.6. The molecule has 0 spiro atoms. The molecule has 1 N–H and O–H groups in total. The second kappa shape index (κ2) is 4.01. The molecule has 1 saturated heterocycles. The first-order valence-corrected chi connectivity index (χ1v) is 6.56. The van der Waals surface area contributed by atoms with E-state index in [1.54, 1.807) is 0 Å². The summed E-state index contributed by atoms with van der Waals surface area (Å²) in [6, 6.07) is 0.142. The van der Waals surface area contributed by atoms with Gasteiger partial charge in [-0.05, 0) is 31.9 Å². The van der Waals surface area contributed by atoms with E-state index in [1.165, 1.54) is 25.7 Å². The van der Waals surface area contributed by atoms with Crippen molar-refractivity contribution >= 4 is 17.8 Å². The van der Waals surface area contributed by atoms with Crippen molar-refractivity contribution in [2.75, 3.05) is 25.9 Å². The summed E-state index contributed by atoms with van der Waals surface area (Å²) in [5.41, 5.74) is 0. The number of nitrogens with one attached hydrogen (secondary N) is 1. The van der Waals surface area contributed by atoms with E-state index >= 15 is 0 Å². The maximum absolute atomic E-state index is 11.6. The summed E-state index contributed by atoms with van der Waals surface area (Å²) in [7, 11) is 0. The van der Waals surface area contributed by atoms with Crippen LogP contribution in [0, 0.1) is 0 Å². The van der Waals surface area contributed by atoms with E-state index < -0.39 is 0 Å².